The van der Waals surface area contributed by atoms with E-state index in [2.05, 4.69) is 10.6 Å². The van der Waals surface area contributed by atoms with Crippen LogP contribution in [0, 0.1) is 5.82 Å². The second kappa shape index (κ2) is 9.31. The van der Waals surface area contributed by atoms with E-state index in [1.165, 1.54) is 24.3 Å². The van der Waals surface area contributed by atoms with Gasteiger partial charge in [0.05, 0.1) is 13.1 Å². The van der Waals surface area contributed by atoms with Crippen LogP contribution in [0.4, 0.5) is 10.1 Å². The molecule has 0 aliphatic rings. The van der Waals surface area contributed by atoms with Crippen LogP contribution in [0.3, 0.4) is 0 Å². The van der Waals surface area contributed by atoms with Crippen molar-refractivity contribution < 1.29 is 18.9 Å². The Morgan fingerprint density at radius 2 is 1.62 bits per heavy atom. The number of likely N-dealkylation sites (N-methyl/N-ethyl adjacent to an activating group) is 1. The van der Waals surface area contributed by atoms with Crippen molar-refractivity contribution >= 4 is 29.1 Å². The molecule has 0 fully saturated rings. The molecule has 0 bridgehead atoms. The van der Waals surface area contributed by atoms with Crippen molar-refractivity contribution in [3.63, 3.8) is 0 Å². The van der Waals surface area contributed by atoms with Gasteiger partial charge in [0.1, 0.15) is 5.82 Å². The average Bonchev–Trinajstić information content (AvgIpc) is 2.57. The van der Waals surface area contributed by atoms with E-state index >= 15 is 0 Å². The summed E-state index contributed by atoms with van der Waals surface area (Å²) >= 11 is 5.86. The Morgan fingerprint density at radius 1 is 1.04 bits per heavy atom. The number of amides is 2. The average molecular weight is 379 g/mol. The monoisotopic (exact) mass is 378 g/mol. The molecule has 0 aliphatic carbocycles. The molecule has 26 heavy (non-hydrogen) atoms. The van der Waals surface area contributed by atoms with E-state index in [0.717, 1.165) is 10.5 Å². The highest BCUT2D eigenvalue weighted by Crippen LogP contribution is 2.15. The number of hydrogen-bond acceptors (Lipinski definition) is 2. The summed E-state index contributed by atoms with van der Waals surface area (Å²) in [4.78, 5) is 24.9. The zero-order valence-electron chi connectivity index (χ0n) is 14.7. The number of anilines is 1. The topological polar surface area (TPSA) is 62.6 Å². The van der Waals surface area contributed by atoms with Gasteiger partial charge in [-0.15, -0.1) is 0 Å². The van der Waals surface area contributed by atoms with Gasteiger partial charge in [0.2, 0.25) is 0 Å². The van der Waals surface area contributed by atoms with Gasteiger partial charge in [-0.1, -0.05) is 23.7 Å². The lowest BCUT2D eigenvalue weighted by Crippen LogP contribution is -3.11. The van der Waals surface area contributed by atoms with Crippen molar-refractivity contribution in [1.82, 2.24) is 5.32 Å². The second-order valence-electron chi connectivity index (χ2n) is 6.21. The summed E-state index contributed by atoms with van der Waals surface area (Å²) in [6, 6.07) is 12.6. The van der Waals surface area contributed by atoms with E-state index in [0.29, 0.717) is 10.7 Å². The fourth-order valence-electron chi connectivity index (χ4n) is 2.48. The molecule has 0 saturated carbocycles. The molecule has 2 atom stereocenters. The van der Waals surface area contributed by atoms with Crippen LogP contribution in [0.15, 0.2) is 48.5 Å². The number of rotatable bonds is 7. The van der Waals surface area contributed by atoms with Gasteiger partial charge in [-0.2, -0.15) is 0 Å². The van der Waals surface area contributed by atoms with Crippen molar-refractivity contribution in [2.75, 3.05) is 25.5 Å². The van der Waals surface area contributed by atoms with Crippen molar-refractivity contribution in [2.24, 2.45) is 0 Å². The molecule has 138 valence electrons. The zero-order valence-corrected chi connectivity index (χ0v) is 15.4. The zero-order chi connectivity index (χ0) is 19.1. The molecule has 0 aromatic heterocycles. The number of carbonyl (C=O) groups is 2. The molecular weight excluding hydrogens is 357 g/mol. The van der Waals surface area contributed by atoms with E-state index in [1.807, 2.05) is 19.1 Å². The summed E-state index contributed by atoms with van der Waals surface area (Å²) in [6.45, 7) is 2.17. The van der Waals surface area contributed by atoms with Crippen LogP contribution in [0.25, 0.3) is 0 Å². The first-order valence-corrected chi connectivity index (χ1v) is 8.63. The van der Waals surface area contributed by atoms with Gasteiger partial charge in [-0.3, -0.25) is 9.59 Å². The Morgan fingerprint density at radius 3 is 2.23 bits per heavy atom. The maximum atomic E-state index is 12.9. The third-order valence-corrected chi connectivity index (χ3v) is 4.05. The van der Waals surface area contributed by atoms with Crippen molar-refractivity contribution in [2.45, 2.75) is 13.0 Å². The summed E-state index contributed by atoms with van der Waals surface area (Å²) in [5.74, 6) is -0.760. The van der Waals surface area contributed by atoms with Gasteiger partial charge >= 0.3 is 0 Å². The highest BCUT2D eigenvalue weighted by molar-refractivity contribution is 6.30. The van der Waals surface area contributed by atoms with Gasteiger partial charge in [0.15, 0.2) is 13.1 Å². The fraction of sp³-hybridized carbons (Fsp3) is 0.263. The van der Waals surface area contributed by atoms with E-state index in [9.17, 15) is 14.0 Å². The van der Waals surface area contributed by atoms with E-state index in [4.69, 9.17) is 11.6 Å². The SMILES string of the molecule is C[C@H](NC(=O)C[NH+](C)CC(=O)Nc1ccc(F)cc1)c1ccc(Cl)cc1. The summed E-state index contributed by atoms with van der Waals surface area (Å²) in [7, 11) is 1.76. The van der Waals surface area contributed by atoms with E-state index < -0.39 is 0 Å². The minimum atomic E-state index is -0.364. The van der Waals surface area contributed by atoms with Crippen LogP contribution in [-0.2, 0) is 9.59 Å². The molecule has 0 spiro atoms. The van der Waals surface area contributed by atoms with Crippen LogP contribution >= 0.6 is 11.6 Å². The molecule has 2 aromatic rings. The molecule has 3 N–H and O–H groups in total. The minimum absolute atomic E-state index is 0.125. The minimum Gasteiger partial charge on any atom is -0.345 e. The van der Waals surface area contributed by atoms with Crippen LogP contribution < -0.4 is 15.5 Å². The molecule has 2 amide bonds. The molecule has 0 heterocycles. The Bertz CT molecular complexity index is 750. The van der Waals surface area contributed by atoms with Crippen LogP contribution in [0.1, 0.15) is 18.5 Å². The molecule has 0 aliphatic heterocycles. The molecule has 2 rings (SSSR count). The largest absolute Gasteiger partial charge is 0.345 e. The fourth-order valence-corrected chi connectivity index (χ4v) is 2.60. The first-order valence-electron chi connectivity index (χ1n) is 8.25. The number of benzene rings is 2. The summed E-state index contributed by atoms with van der Waals surface area (Å²) in [5.41, 5.74) is 1.47. The molecule has 7 heteroatoms. The lowest BCUT2D eigenvalue weighted by molar-refractivity contribution is -0.862. The summed E-state index contributed by atoms with van der Waals surface area (Å²) in [6.07, 6.45) is 0. The van der Waals surface area contributed by atoms with Gasteiger partial charge in [-0.05, 0) is 48.9 Å². The normalized spacial score (nSPS) is 12.9. The summed E-state index contributed by atoms with van der Waals surface area (Å²) < 4.78 is 12.9. The predicted octanol–water partition coefficient (Wildman–Crippen LogP) is 1.81. The van der Waals surface area contributed by atoms with Crippen molar-refractivity contribution in [1.29, 1.82) is 0 Å². The quantitative estimate of drug-likeness (QED) is 0.688. The number of quaternary nitrogens is 1. The molecule has 5 nitrogen and oxygen atoms in total. The smallest absolute Gasteiger partial charge is 0.279 e. The van der Waals surface area contributed by atoms with Gasteiger partial charge in [0, 0.05) is 10.7 Å². The number of carbonyl (C=O) groups excluding carboxylic acids is 2. The lowest BCUT2D eigenvalue weighted by atomic mass is 10.1. The van der Waals surface area contributed by atoms with E-state index in [1.54, 1.807) is 19.2 Å². The predicted molar refractivity (Wildman–Crippen MR) is 99.7 cm³/mol. The first kappa shape index (κ1) is 19.9. The molecule has 1 unspecified atom stereocenters. The number of hydrogen-bond donors (Lipinski definition) is 3. The highest BCUT2D eigenvalue weighted by atomic mass is 35.5. The Balaban J connectivity index is 1.78. The first-order chi connectivity index (χ1) is 12.3. The second-order valence-corrected chi connectivity index (χ2v) is 6.64. The Kier molecular flexibility index (Phi) is 7.12. The van der Waals surface area contributed by atoms with Gasteiger partial charge < -0.3 is 15.5 Å². The van der Waals surface area contributed by atoms with Crippen LogP contribution in [0.5, 0.6) is 0 Å². The standard InChI is InChI=1S/C19H21ClFN3O2/c1-13(14-3-5-15(20)6-4-14)22-18(25)11-24(2)12-19(26)23-17-9-7-16(21)8-10-17/h3-10,13H,11-12H2,1-2H3,(H,22,25)(H,23,26)/p+1/t13-/m0/s1. The number of halogens is 2. The number of nitrogens with one attached hydrogen (secondary N) is 3. The molecule has 2 aromatic carbocycles. The van der Waals surface area contributed by atoms with Gasteiger partial charge in [-0.25, -0.2) is 4.39 Å². The maximum absolute atomic E-state index is 12.9. The van der Waals surface area contributed by atoms with Crippen LogP contribution in [0.2, 0.25) is 5.02 Å². The highest BCUT2D eigenvalue weighted by Gasteiger charge is 2.16. The van der Waals surface area contributed by atoms with Crippen molar-refractivity contribution in [3.8, 4) is 0 Å². The van der Waals surface area contributed by atoms with Crippen molar-refractivity contribution in [3.05, 3.63) is 64.9 Å². The molecule has 0 saturated heterocycles. The third-order valence-electron chi connectivity index (χ3n) is 3.80. The molecule has 0 radical (unpaired) electrons. The third kappa shape index (κ3) is 6.46. The van der Waals surface area contributed by atoms with Crippen LogP contribution in [-0.4, -0.2) is 32.0 Å². The summed E-state index contributed by atoms with van der Waals surface area (Å²) in [5, 5.41) is 6.22. The van der Waals surface area contributed by atoms with E-state index in [-0.39, 0.29) is 36.8 Å². The molecular formula is C19H22ClFN3O2+. The maximum Gasteiger partial charge on any atom is 0.279 e. The Hall–Kier alpha value is -2.44. The van der Waals surface area contributed by atoms with Gasteiger partial charge in [0.25, 0.3) is 11.8 Å². The Labute approximate surface area is 157 Å². The lowest BCUT2D eigenvalue weighted by Gasteiger charge is -2.17.